The van der Waals surface area contributed by atoms with E-state index in [9.17, 15) is 0 Å². The third-order valence-corrected chi connectivity index (χ3v) is 11.5. The maximum absolute atomic E-state index is 6.04. The SMILES string of the molecule is COC1CCCC(OC)C1c1ccccc1P(C1CCCCC1)C1CCCCC1. The first kappa shape index (κ1) is 21.8. The van der Waals surface area contributed by atoms with Crippen molar-refractivity contribution in [2.45, 2.75) is 113 Å². The molecule has 3 saturated carbocycles. The molecular weight excluding hydrogens is 375 g/mol. The third kappa shape index (κ3) is 4.91. The van der Waals surface area contributed by atoms with Crippen LogP contribution in [0.4, 0.5) is 0 Å². The number of ether oxygens (including phenoxy) is 2. The van der Waals surface area contributed by atoms with Crippen molar-refractivity contribution in [1.29, 1.82) is 0 Å². The van der Waals surface area contributed by atoms with Crippen LogP contribution in [0.25, 0.3) is 0 Å². The molecule has 0 aliphatic heterocycles. The van der Waals surface area contributed by atoms with Crippen LogP contribution in [0.1, 0.15) is 95.0 Å². The van der Waals surface area contributed by atoms with Crippen LogP contribution in [0.5, 0.6) is 0 Å². The topological polar surface area (TPSA) is 18.5 Å². The van der Waals surface area contributed by atoms with Gasteiger partial charge in [-0.05, 0) is 67.1 Å². The summed E-state index contributed by atoms with van der Waals surface area (Å²) in [4.78, 5) is 0. The van der Waals surface area contributed by atoms with Crippen molar-refractivity contribution in [3.63, 3.8) is 0 Å². The molecule has 0 spiro atoms. The average molecular weight is 417 g/mol. The lowest BCUT2D eigenvalue weighted by molar-refractivity contribution is -0.0309. The molecule has 3 aliphatic rings. The van der Waals surface area contributed by atoms with Gasteiger partial charge in [-0.1, -0.05) is 70.7 Å². The quantitative estimate of drug-likeness (QED) is 0.477. The van der Waals surface area contributed by atoms with Gasteiger partial charge >= 0.3 is 0 Å². The molecule has 2 unspecified atom stereocenters. The highest BCUT2D eigenvalue weighted by atomic mass is 31.1. The standard InChI is InChI=1S/C26H41O2P/c1-27-23-17-11-18-24(28-2)26(23)22-16-9-10-19-25(22)29(20-12-5-3-6-13-20)21-14-7-4-8-15-21/h9-10,16,19-21,23-24,26H,3-8,11-15,17-18H2,1-2H3. The summed E-state index contributed by atoms with van der Waals surface area (Å²) in [6, 6.07) is 9.52. The van der Waals surface area contributed by atoms with E-state index in [1.165, 1.54) is 83.5 Å². The van der Waals surface area contributed by atoms with Gasteiger partial charge in [-0.25, -0.2) is 0 Å². The molecule has 0 aromatic heterocycles. The van der Waals surface area contributed by atoms with Crippen LogP contribution in [0, 0.1) is 0 Å². The van der Waals surface area contributed by atoms with E-state index in [-0.39, 0.29) is 7.92 Å². The fourth-order valence-electron chi connectivity index (χ4n) is 6.46. The summed E-state index contributed by atoms with van der Waals surface area (Å²) in [5, 5.41) is 1.72. The molecule has 2 nitrogen and oxygen atoms in total. The second-order valence-electron chi connectivity index (χ2n) is 9.55. The van der Waals surface area contributed by atoms with Crippen LogP contribution in [-0.2, 0) is 9.47 Å². The molecule has 3 heteroatoms. The molecule has 162 valence electrons. The van der Waals surface area contributed by atoms with E-state index in [4.69, 9.17) is 9.47 Å². The minimum Gasteiger partial charge on any atom is -0.381 e. The molecule has 29 heavy (non-hydrogen) atoms. The molecule has 1 aromatic carbocycles. The zero-order valence-electron chi connectivity index (χ0n) is 18.7. The van der Waals surface area contributed by atoms with E-state index >= 15 is 0 Å². The summed E-state index contributed by atoms with van der Waals surface area (Å²) in [5.41, 5.74) is 3.45. The predicted octanol–water partition coefficient (Wildman–Crippen LogP) is 6.76. The Morgan fingerprint density at radius 2 is 1.17 bits per heavy atom. The number of hydrogen-bond donors (Lipinski definition) is 0. The van der Waals surface area contributed by atoms with Gasteiger partial charge in [0.2, 0.25) is 0 Å². The summed E-state index contributed by atoms with van der Waals surface area (Å²) in [5.74, 6) is 0.395. The zero-order valence-corrected chi connectivity index (χ0v) is 19.5. The van der Waals surface area contributed by atoms with Crippen LogP contribution in [-0.4, -0.2) is 37.7 Å². The normalized spacial score (nSPS) is 30.0. The molecule has 1 aromatic rings. The largest absolute Gasteiger partial charge is 0.381 e. The maximum atomic E-state index is 6.04. The first-order valence-corrected chi connectivity index (χ1v) is 13.7. The Bertz CT molecular complexity index is 591. The molecule has 0 heterocycles. The Morgan fingerprint density at radius 3 is 1.69 bits per heavy atom. The number of methoxy groups -OCH3 is 2. The molecule has 2 atom stereocenters. The maximum Gasteiger partial charge on any atom is 0.0665 e. The number of benzene rings is 1. The molecule has 0 saturated heterocycles. The fourth-order valence-corrected chi connectivity index (χ4v) is 10.5. The van der Waals surface area contributed by atoms with Gasteiger partial charge in [-0.2, -0.15) is 0 Å². The Labute approximate surface area is 179 Å². The molecule has 0 bridgehead atoms. The Hall–Kier alpha value is -0.430. The van der Waals surface area contributed by atoms with E-state index in [1.54, 1.807) is 10.9 Å². The summed E-state index contributed by atoms with van der Waals surface area (Å²) in [6.45, 7) is 0. The molecule has 0 N–H and O–H groups in total. The van der Waals surface area contributed by atoms with Crippen molar-refractivity contribution in [1.82, 2.24) is 0 Å². The minimum atomic E-state index is -0.0969. The van der Waals surface area contributed by atoms with Gasteiger partial charge in [-0.15, -0.1) is 0 Å². The third-order valence-electron chi connectivity index (χ3n) is 7.89. The van der Waals surface area contributed by atoms with Crippen LogP contribution in [0.3, 0.4) is 0 Å². The lowest BCUT2D eigenvalue weighted by atomic mass is 9.79. The fraction of sp³-hybridized carbons (Fsp3) is 0.769. The lowest BCUT2D eigenvalue weighted by Gasteiger charge is -2.43. The highest BCUT2D eigenvalue weighted by Gasteiger charge is 2.39. The van der Waals surface area contributed by atoms with Gasteiger partial charge in [0, 0.05) is 20.1 Å². The molecule has 0 amide bonds. The van der Waals surface area contributed by atoms with Crippen molar-refractivity contribution in [3.05, 3.63) is 29.8 Å². The molecule has 3 fully saturated rings. The second kappa shape index (κ2) is 10.7. The number of rotatable bonds is 6. The van der Waals surface area contributed by atoms with Gasteiger partial charge in [0.05, 0.1) is 12.2 Å². The van der Waals surface area contributed by atoms with E-state index in [0.717, 1.165) is 11.3 Å². The van der Waals surface area contributed by atoms with E-state index < -0.39 is 0 Å². The van der Waals surface area contributed by atoms with Gasteiger partial charge in [-0.3, -0.25) is 0 Å². The first-order valence-electron chi connectivity index (χ1n) is 12.3. The second-order valence-corrected chi connectivity index (χ2v) is 12.3. The highest BCUT2D eigenvalue weighted by Crippen LogP contribution is 2.56. The lowest BCUT2D eigenvalue weighted by Crippen LogP contribution is -2.39. The summed E-state index contributed by atoms with van der Waals surface area (Å²) < 4.78 is 12.1. The first-order chi connectivity index (χ1) is 14.3. The van der Waals surface area contributed by atoms with Crippen LogP contribution >= 0.6 is 7.92 Å². The van der Waals surface area contributed by atoms with Crippen molar-refractivity contribution >= 4 is 13.2 Å². The Kier molecular flexibility index (Phi) is 8.07. The van der Waals surface area contributed by atoms with Crippen molar-refractivity contribution in [2.24, 2.45) is 0 Å². The van der Waals surface area contributed by atoms with Crippen molar-refractivity contribution in [3.8, 4) is 0 Å². The molecule has 3 aliphatic carbocycles. The molecule has 0 radical (unpaired) electrons. The zero-order chi connectivity index (χ0) is 20.1. The Balaban J connectivity index is 1.72. The summed E-state index contributed by atoms with van der Waals surface area (Å²) >= 11 is 0. The van der Waals surface area contributed by atoms with E-state index in [2.05, 4.69) is 24.3 Å². The van der Waals surface area contributed by atoms with E-state index in [1.807, 2.05) is 14.2 Å². The Morgan fingerprint density at radius 1 is 0.655 bits per heavy atom. The average Bonchev–Trinajstić information content (AvgIpc) is 2.80. The van der Waals surface area contributed by atoms with Gasteiger partial charge in [0.15, 0.2) is 0 Å². The molecular formula is C26H41O2P. The van der Waals surface area contributed by atoms with Crippen molar-refractivity contribution in [2.75, 3.05) is 14.2 Å². The summed E-state index contributed by atoms with van der Waals surface area (Å²) in [7, 11) is 3.72. The number of hydrogen-bond acceptors (Lipinski definition) is 2. The van der Waals surface area contributed by atoms with Gasteiger partial charge in [0.1, 0.15) is 0 Å². The van der Waals surface area contributed by atoms with Crippen molar-refractivity contribution < 1.29 is 9.47 Å². The monoisotopic (exact) mass is 416 g/mol. The molecule has 4 rings (SSSR count). The van der Waals surface area contributed by atoms with Gasteiger partial charge in [0.25, 0.3) is 0 Å². The van der Waals surface area contributed by atoms with E-state index in [0.29, 0.717) is 18.1 Å². The predicted molar refractivity (Wildman–Crippen MR) is 125 cm³/mol. The summed E-state index contributed by atoms with van der Waals surface area (Å²) in [6.07, 6.45) is 18.7. The van der Waals surface area contributed by atoms with Crippen LogP contribution in [0.15, 0.2) is 24.3 Å². The smallest absolute Gasteiger partial charge is 0.0665 e. The van der Waals surface area contributed by atoms with Crippen LogP contribution < -0.4 is 5.30 Å². The minimum absolute atomic E-state index is 0.0969. The van der Waals surface area contributed by atoms with Gasteiger partial charge < -0.3 is 9.47 Å². The van der Waals surface area contributed by atoms with Crippen LogP contribution in [0.2, 0.25) is 0 Å². The highest BCUT2D eigenvalue weighted by molar-refractivity contribution is 7.67.